The molecule has 0 aliphatic rings. The van der Waals surface area contributed by atoms with Crippen molar-refractivity contribution >= 4 is 0 Å². The van der Waals surface area contributed by atoms with Crippen LogP contribution < -0.4 is 4.74 Å². The second-order valence-corrected chi connectivity index (χ2v) is 2.55. The van der Waals surface area contributed by atoms with Crippen molar-refractivity contribution in [2.75, 3.05) is 7.11 Å². The largest absolute Gasteiger partial charge is 0.495 e. The van der Waals surface area contributed by atoms with Crippen LogP contribution in [0.1, 0.15) is 19.0 Å². The summed E-state index contributed by atoms with van der Waals surface area (Å²) < 4.78 is 17.9. The van der Waals surface area contributed by atoms with Crippen molar-refractivity contribution in [2.24, 2.45) is 0 Å². The number of aromatic nitrogens is 1. The average molecular weight is 169 g/mol. The molecular weight excluding hydrogens is 157 g/mol. The van der Waals surface area contributed by atoms with Crippen LogP contribution in [0.25, 0.3) is 0 Å². The molecule has 0 atom stereocenters. The fraction of sp³-hybridized carbons (Fsp3) is 0.444. The van der Waals surface area contributed by atoms with E-state index in [4.69, 9.17) is 4.74 Å². The van der Waals surface area contributed by atoms with E-state index in [9.17, 15) is 4.39 Å². The van der Waals surface area contributed by atoms with E-state index < -0.39 is 0 Å². The molecule has 0 amide bonds. The van der Waals surface area contributed by atoms with Gasteiger partial charge in [0.15, 0.2) is 0 Å². The van der Waals surface area contributed by atoms with Gasteiger partial charge in [-0.2, -0.15) is 0 Å². The Morgan fingerprint density at radius 3 is 2.83 bits per heavy atom. The molecule has 0 fully saturated rings. The molecule has 0 aromatic carbocycles. The third-order valence-electron chi connectivity index (χ3n) is 1.61. The van der Waals surface area contributed by atoms with Crippen molar-refractivity contribution in [3.63, 3.8) is 0 Å². The topological polar surface area (TPSA) is 22.1 Å². The van der Waals surface area contributed by atoms with E-state index in [1.54, 1.807) is 0 Å². The molecule has 0 aliphatic heterocycles. The van der Waals surface area contributed by atoms with Crippen LogP contribution in [0.4, 0.5) is 4.39 Å². The summed E-state index contributed by atoms with van der Waals surface area (Å²) in [6.45, 7) is 1.99. The van der Waals surface area contributed by atoms with Crippen molar-refractivity contribution in [3.05, 3.63) is 23.8 Å². The Morgan fingerprint density at radius 2 is 2.33 bits per heavy atom. The van der Waals surface area contributed by atoms with Crippen LogP contribution in [-0.2, 0) is 6.42 Å². The molecule has 1 rings (SSSR count). The lowest BCUT2D eigenvalue weighted by molar-refractivity contribution is 0.407. The van der Waals surface area contributed by atoms with Crippen molar-refractivity contribution in [1.29, 1.82) is 0 Å². The minimum Gasteiger partial charge on any atom is -0.495 e. The number of aryl methyl sites for hydroxylation is 1. The molecule has 1 aromatic rings. The monoisotopic (exact) mass is 169 g/mol. The minimum atomic E-state index is -0.281. The predicted octanol–water partition coefficient (Wildman–Crippen LogP) is 2.18. The van der Waals surface area contributed by atoms with Crippen LogP contribution in [0.3, 0.4) is 0 Å². The number of methoxy groups -OCH3 is 1. The molecule has 3 heteroatoms. The smallest absolute Gasteiger partial charge is 0.148 e. The minimum absolute atomic E-state index is 0.281. The predicted molar refractivity (Wildman–Crippen MR) is 44.7 cm³/mol. The van der Waals surface area contributed by atoms with Crippen molar-refractivity contribution in [1.82, 2.24) is 4.98 Å². The molecule has 0 radical (unpaired) electrons. The average Bonchev–Trinajstić information content (AvgIpc) is 2.09. The molecule has 2 nitrogen and oxygen atoms in total. The molecule has 12 heavy (non-hydrogen) atoms. The summed E-state index contributed by atoms with van der Waals surface area (Å²) in [6.07, 6.45) is 3.11. The van der Waals surface area contributed by atoms with Gasteiger partial charge in [-0.3, -0.25) is 4.98 Å². The maximum absolute atomic E-state index is 13.1. The summed E-state index contributed by atoms with van der Waals surface area (Å²) in [6, 6.07) is 1.36. The first-order valence-electron chi connectivity index (χ1n) is 3.96. The molecular formula is C9H12FNO. The summed E-state index contributed by atoms with van der Waals surface area (Å²) in [5.41, 5.74) is 0.512. The van der Waals surface area contributed by atoms with E-state index in [0.717, 1.165) is 6.42 Å². The molecule has 1 aromatic heterocycles. The lowest BCUT2D eigenvalue weighted by atomic mass is 10.2. The summed E-state index contributed by atoms with van der Waals surface area (Å²) in [4.78, 5) is 3.94. The van der Waals surface area contributed by atoms with Crippen LogP contribution in [-0.4, -0.2) is 12.1 Å². The molecule has 0 saturated carbocycles. The summed E-state index contributed by atoms with van der Waals surface area (Å²) in [7, 11) is 1.50. The zero-order chi connectivity index (χ0) is 8.97. The van der Waals surface area contributed by atoms with Crippen molar-refractivity contribution < 1.29 is 9.13 Å². The Hall–Kier alpha value is -1.12. The number of hydrogen-bond donors (Lipinski definition) is 0. The first-order chi connectivity index (χ1) is 5.77. The Balaban J connectivity index is 2.87. The third kappa shape index (κ3) is 1.94. The molecule has 0 saturated heterocycles. The highest BCUT2D eigenvalue weighted by Gasteiger charge is 2.03. The van der Waals surface area contributed by atoms with Gasteiger partial charge in [0.1, 0.15) is 11.6 Å². The maximum atomic E-state index is 13.1. The van der Waals surface area contributed by atoms with Gasteiger partial charge in [-0.1, -0.05) is 13.3 Å². The third-order valence-corrected chi connectivity index (χ3v) is 1.61. The quantitative estimate of drug-likeness (QED) is 0.691. The maximum Gasteiger partial charge on any atom is 0.148 e. The van der Waals surface area contributed by atoms with Gasteiger partial charge < -0.3 is 4.74 Å². The van der Waals surface area contributed by atoms with Crippen LogP contribution in [0, 0.1) is 5.82 Å². The molecule has 66 valence electrons. The lowest BCUT2D eigenvalue weighted by Gasteiger charge is -2.02. The van der Waals surface area contributed by atoms with E-state index in [-0.39, 0.29) is 5.82 Å². The van der Waals surface area contributed by atoms with E-state index in [1.807, 2.05) is 6.92 Å². The van der Waals surface area contributed by atoms with E-state index in [1.165, 1.54) is 19.4 Å². The number of hydrogen-bond acceptors (Lipinski definition) is 2. The van der Waals surface area contributed by atoms with Crippen molar-refractivity contribution in [2.45, 2.75) is 19.8 Å². The van der Waals surface area contributed by atoms with Crippen LogP contribution >= 0.6 is 0 Å². The Morgan fingerprint density at radius 1 is 1.58 bits per heavy atom. The summed E-state index contributed by atoms with van der Waals surface area (Å²) in [5, 5.41) is 0. The lowest BCUT2D eigenvalue weighted by Crippen LogP contribution is -1.95. The summed E-state index contributed by atoms with van der Waals surface area (Å²) in [5.74, 6) is 0.184. The number of rotatable bonds is 3. The van der Waals surface area contributed by atoms with Crippen LogP contribution in [0.2, 0.25) is 0 Å². The molecule has 0 N–H and O–H groups in total. The molecule has 0 aliphatic carbocycles. The second-order valence-electron chi connectivity index (χ2n) is 2.55. The summed E-state index contributed by atoms with van der Waals surface area (Å²) >= 11 is 0. The Bertz CT molecular complexity index is 263. The van der Waals surface area contributed by atoms with Gasteiger partial charge in [-0.05, 0) is 6.42 Å². The second kappa shape index (κ2) is 4.04. The van der Waals surface area contributed by atoms with Crippen LogP contribution in [0.15, 0.2) is 12.3 Å². The van der Waals surface area contributed by atoms with E-state index >= 15 is 0 Å². The number of pyridine rings is 1. The first-order valence-corrected chi connectivity index (χ1v) is 3.96. The van der Waals surface area contributed by atoms with E-state index in [0.29, 0.717) is 17.9 Å². The fourth-order valence-electron chi connectivity index (χ4n) is 0.981. The SMILES string of the molecule is CCCc1ncc(OC)cc1F. The number of nitrogens with zero attached hydrogens (tertiary/aromatic N) is 1. The van der Waals surface area contributed by atoms with Gasteiger partial charge >= 0.3 is 0 Å². The molecule has 0 bridgehead atoms. The van der Waals surface area contributed by atoms with Gasteiger partial charge in [0, 0.05) is 6.07 Å². The van der Waals surface area contributed by atoms with Gasteiger partial charge in [0.2, 0.25) is 0 Å². The van der Waals surface area contributed by atoms with Gasteiger partial charge in [-0.25, -0.2) is 4.39 Å². The molecule has 1 heterocycles. The van der Waals surface area contributed by atoms with Gasteiger partial charge in [-0.15, -0.1) is 0 Å². The fourth-order valence-corrected chi connectivity index (χ4v) is 0.981. The highest BCUT2D eigenvalue weighted by molar-refractivity contribution is 5.21. The molecule has 0 spiro atoms. The van der Waals surface area contributed by atoms with Gasteiger partial charge in [0.05, 0.1) is 19.0 Å². The first kappa shape index (κ1) is 8.97. The normalized spacial score (nSPS) is 9.92. The standard InChI is InChI=1S/C9H12FNO/c1-3-4-9-8(10)5-7(12-2)6-11-9/h5-6H,3-4H2,1-2H3. The highest BCUT2D eigenvalue weighted by atomic mass is 19.1. The zero-order valence-electron chi connectivity index (χ0n) is 7.30. The van der Waals surface area contributed by atoms with Crippen molar-refractivity contribution in [3.8, 4) is 5.75 Å². The van der Waals surface area contributed by atoms with E-state index in [2.05, 4.69) is 4.98 Å². The Kier molecular flexibility index (Phi) is 3.02. The highest BCUT2D eigenvalue weighted by Crippen LogP contribution is 2.13. The molecule has 0 unspecified atom stereocenters. The number of halogens is 1. The number of ether oxygens (including phenoxy) is 1. The van der Waals surface area contributed by atoms with Crippen LogP contribution in [0.5, 0.6) is 5.75 Å². The zero-order valence-corrected chi connectivity index (χ0v) is 7.30. The van der Waals surface area contributed by atoms with Gasteiger partial charge in [0.25, 0.3) is 0 Å². The Labute approximate surface area is 71.4 Å².